The van der Waals surface area contributed by atoms with E-state index in [1.165, 1.54) is 27.1 Å². The van der Waals surface area contributed by atoms with E-state index in [-0.39, 0.29) is 0 Å². The lowest BCUT2D eigenvalue weighted by Gasteiger charge is -2.14. The topological polar surface area (TPSA) is 51.8 Å². The zero-order valence-electron chi connectivity index (χ0n) is 33.0. The average Bonchev–Trinajstić information content (AvgIpc) is 3.72. The lowest BCUT2D eigenvalue weighted by molar-refractivity contribution is 0.669. The van der Waals surface area contributed by atoms with E-state index in [1.807, 2.05) is 18.2 Å². The summed E-state index contributed by atoms with van der Waals surface area (Å²) in [5.41, 5.74) is 11.4. The van der Waals surface area contributed by atoms with E-state index in [9.17, 15) is 0 Å². The molecule has 0 saturated heterocycles. The number of rotatable bonds is 6. The van der Waals surface area contributed by atoms with Crippen molar-refractivity contribution in [1.82, 2.24) is 15.0 Å². The molecule has 0 bridgehead atoms. The smallest absolute Gasteiger partial charge is 0.164 e. The van der Waals surface area contributed by atoms with Gasteiger partial charge in [0.05, 0.1) is 0 Å². The standard InChI is InChI=1S/C57H35N3O/c1-2-14-38-33-43(30-26-36(38)12-1)47-19-5-6-20-49(47)56-58-55(59-57(60-56)50-23-10-15-37-13-3-4-18-46(37)50)45-17-9-16-39(35-45)40-27-28-42-34-44(31-29-41(42)32-40)48-22-11-25-53-54(48)51-21-7-8-24-52(51)61-53/h1-35H. The summed E-state index contributed by atoms with van der Waals surface area (Å²) < 4.78 is 6.21. The second-order valence-corrected chi connectivity index (χ2v) is 15.6. The first-order valence-electron chi connectivity index (χ1n) is 20.6. The van der Waals surface area contributed by atoms with Crippen molar-refractivity contribution >= 4 is 54.3 Å². The van der Waals surface area contributed by atoms with Crippen LogP contribution in [0.3, 0.4) is 0 Å². The van der Waals surface area contributed by atoms with E-state index < -0.39 is 0 Å². The van der Waals surface area contributed by atoms with E-state index in [4.69, 9.17) is 19.4 Å². The third kappa shape index (κ3) is 6.12. The minimum Gasteiger partial charge on any atom is -0.456 e. The molecular formula is C57H35N3O. The number of aromatic nitrogens is 3. The Balaban J connectivity index is 0.966. The number of nitrogens with zero attached hydrogens (tertiary/aromatic N) is 3. The molecule has 2 aromatic heterocycles. The van der Waals surface area contributed by atoms with Gasteiger partial charge in [-0.1, -0.05) is 176 Å². The van der Waals surface area contributed by atoms with Crippen LogP contribution < -0.4 is 0 Å². The third-order valence-electron chi connectivity index (χ3n) is 11.9. The molecule has 0 spiro atoms. The fourth-order valence-electron chi connectivity index (χ4n) is 8.90. The molecule has 12 aromatic rings. The van der Waals surface area contributed by atoms with Gasteiger partial charge in [0.15, 0.2) is 17.5 Å². The summed E-state index contributed by atoms with van der Waals surface area (Å²) >= 11 is 0. The minimum absolute atomic E-state index is 0.620. The van der Waals surface area contributed by atoms with Gasteiger partial charge in [-0.25, -0.2) is 15.0 Å². The molecule has 284 valence electrons. The zero-order valence-corrected chi connectivity index (χ0v) is 33.0. The largest absolute Gasteiger partial charge is 0.456 e. The minimum atomic E-state index is 0.620. The first-order valence-corrected chi connectivity index (χ1v) is 20.6. The molecule has 0 amide bonds. The number of fused-ring (bicyclic) bond motifs is 6. The Hall–Kier alpha value is -8.21. The summed E-state index contributed by atoms with van der Waals surface area (Å²) in [7, 11) is 0. The fraction of sp³-hybridized carbons (Fsp3) is 0. The molecule has 0 aliphatic carbocycles. The van der Waals surface area contributed by atoms with Gasteiger partial charge in [-0.3, -0.25) is 0 Å². The summed E-state index contributed by atoms with van der Waals surface area (Å²) in [6, 6.07) is 74.7. The Bertz CT molecular complexity index is 3670. The number of para-hydroxylation sites is 1. The van der Waals surface area contributed by atoms with Crippen LogP contribution in [0, 0.1) is 0 Å². The molecule has 4 nitrogen and oxygen atoms in total. The van der Waals surface area contributed by atoms with Crippen molar-refractivity contribution in [2.75, 3.05) is 0 Å². The van der Waals surface area contributed by atoms with E-state index in [0.29, 0.717) is 17.5 Å². The van der Waals surface area contributed by atoms with Gasteiger partial charge in [0.25, 0.3) is 0 Å². The predicted molar refractivity (Wildman–Crippen MR) is 252 cm³/mol. The Morgan fingerprint density at radius 2 is 0.754 bits per heavy atom. The van der Waals surface area contributed by atoms with Gasteiger partial charge in [-0.15, -0.1) is 0 Å². The van der Waals surface area contributed by atoms with Crippen LogP contribution in [0.1, 0.15) is 0 Å². The molecule has 0 radical (unpaired) electrons. The van der Waals surface area contributed by atoms with E-state index in [2.05, 4.69) is 194 Å². The first kappa shape index (κ1) is 34.8. The molecule has 0 aliphatic heterocycles. The van der Waals surface area contributed by atoms with Gasteiger partial charge >= 0.3 is 0 Å². The van der Waals surface area contributed by atoms with Crippen molar-refractivity contribution in [3.05, 3.63) is 212 Å². The molecule has 2 heterocycles. The highest BCUT2D eigenvalue weighted by atomic mass is 16.3. The third-order valence-corrected chi connectivity index (χ3v) is 11.9. The molecule has 0 aliphatic rings. The van der Waals surface area contributed by atoms with Crippen molar-refractivity contribution in [1.29, 1.82) is 0 Å². The van der Waals surface area contributed by atoms with Crippen molar-refractivity contribution in [3.63, 3.8) is 0 Å². The summed E-state index contributed by atoms with van der Waals surface area (Å²) in [6.07, 6.45) is 0. The molecule has 61 heavy (non-hydrogen) atoms. The van der Waals surface area contributed by atoms with Gasteiger partial charge in [-0.2, -0.15) is 0 Å². The SMILES string of the molecule is c1cc(-c2ccc3cc(-c4cccc5oc6ccccc6c45)ccc3c2)cc(-c2nc(-c3ccccc3-c3ccc4ccccc4c3)nc(-c3cccc4ccccc34)n2)c1. The maximum absolute atomic E-state index is 6.21. The molecule has 0 unspecified atom stereocenters. The highest BCUT2D eigenvalue weighted by Crippen LogP contribution is 2.39. The molecular weight excluding hydrogens is 743 g/mol. The normalized spacial score (nSPS) is 11.6. The molecule has 0 fully saturated rings. The summed E-state index contributed by atoms with van der Waals surface area (Å²) in [6.45, 7) is 0. The van der Waals surface area contributed by atoms with E-state index >= 15 is 0 Å². The summed E-state index contributed by atoms with van der Waals surface area (Å²) in [5, 5.41) is 9.25. The second-order valence-electron chi connectivity index (χ2n) is 15.6. The first-order chi connectivity index (χ1) is 30.2. The van der Waals surface area contributed by atoms with Gasteiger partial charge < -0.3 is 4.42 Å². The average molecular weight is 778 g/mol. The highest BCUT2D eigenvalue weighted by Gasteiger charge is 2.18. The van der Waals surface area contributed by atoms with Crippen molar-refractivity contribution < 1.29 is 4.42 Å². The fourth-order valence-corrected chi connectivity index (χ4v) is 8.90. The van der Waals surface area contributed by atoms with Gasteiger partial charge in [0.1, 0.15) is 11.2 Å². The maximum atomic E-state index is 6.21. The molecule has 0 N–H and O–H groups in total. The summed E-state index contributed by atoms with van der Waals surface area (Å²) in [5.74, 6) is 1.88. The number of furan rings is 1. The summed E-state index contributed by atoms with van der Waals surface area (Å²) in [4.78, 5) is 15.7. The van der Waals surface area contributed by atoms with Crippen LogP contribution in [0.4, 0.5) is 0 Å². The van der Waals surface area contributed by atoms with Crippen molar-refractivity contribution in [2.45, 2.75) is 0 Å². The van der Waals surface area contributed by atoms with Crippen LogP contribution in [0.15, 0.2) is 217 Å². The number of benzene rings is 10. The van der Waals surface area contributed by atoms with Gasteiger partial charge in [0.2, 0.25) is 0 Å². The molecule has 10 aromatic carbocycles. The van der Waals surface area contributed by atoms with Gasteiger partial charge in [-0.05, 0) is 102 Å². The van der Waals surface area contributed by atoms with Gasteiger partial charge in [0, 0.05) is 27.5 Å². The predicted octanol–water partition coefficient (Wildman–Crippen LogP) is 15.2. The van der Waals surface area contributed by atoms with Crippen LogP contribution >= 0.6 is 0 Å². The Labute approximate surface area is 352 Å². The number of hydrogen-bond acceptors (Lipinski definition) is 4. The van der Waals surface area contributed by atoms with Crippen LogP contribution in [0.2, 0.25) is 0 Å². The Kier molecular flexibility index (Phi) is 8.13. The van der Waals surface area contributed by atoms with Crippen LogP contribution in [-0.4, -0.2) is 15.0 Å². The van der Waals surface area contributed by atoms with E-state index in [1.54, 1.807) is 0 Å². The highest BCUT2D eigenvalue weighted by molar-refractivity contribution is 6.13. The Morgan fingerprint density at radius 1 is 0.262 bits per heavy atom. The number of hydrogen-bond donors (Lipinski definition) is 0. The Morgan fingerprint density at radius 3 is 1.61 bits per heavy atom. The lowest BCUT2D eigenvalue weighted by atomic mass is 9.95. The van der Waals surface area contributed by atoms with Crippen LogP contribution in [0.25, 0.3) is 122 Å². The lowest BCUT2D eigenvalue weighted by Crippen LogP contribution is -2.01. The molecule has 0 atom stereocenters. The van der Waals surface area contributed by atoms with Crippen LogP contribution in [-0.2, 0) is 0 Å². The molecule has 12 rings (SSSR count). The molecule has 4 heteroatoms. The van der Waals surface area contributed by atoms with Crippen molar-refractivity contribution in [2.24, 2.45) is 0 Å². The monoisotopic (exact) mass is 777 g/mol. The van der Waals surface area contributed by atoms with Crippen molar-refractivity contribution in [3.8, 4) is 67.5 Å². The van der Waals surface area contributed by atoms with E-state index in [0.717, 1.165) is 77.2 Å². The maximum Gasteiger partial charge on any atom is 0.164 e. The second kappa shape index (κ2) is 14.3. The molecule has 0 saturated carbocycles. The van der Waals surface area contributed by atoms with Crippen LogP contribution in [0.5, 0.6) is 0 Å². The zero-order chi connectivity index (χ0) is 40.3. The quantitative estimate of drug-likeness (QED) is 0.169.